The average molecular weight is 177 g/mol. The van der Waals surface area contributed by atoms with Crippen molar-refractivity contribution < 1.29 is 4.21 Å². The second kappa shape index (κ2) is 5.72. The van der Waals surface area contributed by atoms with Crippen LogP contribution in [-0.4, -0.2) is 21.3 Å². The maximum atomic E-state index is 11.6. The van der Waals surface area contributed by atoms with E-state index in [1.807, 2.05) is 13.8 Å². The van der Waals surface area contributed by atoms with Crippen molar-refractivity contribution in [2.45, 2.75) is 44.1 Å². The zero-order valence-corrected chi connectivity index (χ0v) is 8.49. The lowest BCUT2D eigenvalue weighted by atomic mass is 10.3. The summed E-state index contributed by atoms with van der Waals surface area (Å²) in [5.74, 6) is 0. The van der Waals surface area contributed by atoms with E-state index in [1.54, 1.807) is 0 Å². The van der Waals surface area contributed by atoms with Crippen LogP contribution in [0.3, 0.4) is 0 Å². The molecular weight excluding hydrogens is 158 g/mol. The van der Waals surface area contributed by atoms with E-state index in [0.717, 1.165) is 12.8 Å². The Hall–Kier alpha value is 0.110. The molecule has 0 heterocycles. The van der Waals surface area contributed by atoms with Crippen LogP contribution in [-0.2, 0) is 10.8 Å². The van der Waals surface area contributed by atoms with Crippen LogP contribution < -0.4 is 5.73 Å². The molecule has 3 atom stereocenters. The number of rotatable bonds is 5. The van der Waals surface area contributed by atoms with Crippen LogP contribution >= 0.6 is 0 Å². The van der Waals surface area contributed by atoms with Crippen LogP contribution in [0.4, 0.5) is 0 Å². The topological polar surface area (TPSA) is 43.1 Å². The van der Waals surface area contributed by atoms with E-state index in [2.05, 4.69) is 6.92 Å². The summed E-state index contributed by atoms with van der Waals surface area (Å²) in [6.45, 7) is 6.67. The van der Waals surface area contributed by atoms with Gasteiger partial charge in [-0.2, -0.15) is 0 Å². The Bertz CT molecular complexity index is 123. The van der Waals surface area contributed by atoms with Gasteiger partial charge < -0.3 is 5.73 Å². The predicted octanol–water partition coefficient (Wildman–Crippen LogP) is 1.27. The van der Waals surface area contributed by atoms with E-state index in [1.165, 1.54) is 0 Å². The second-order valence-electron chi connectivity index (χ2n) is 2.81. The highest BCUT2D eigenvalue weighted by atomic mass is 32.2. The van der Waals surface area contributed by atoms with Crippen LogP contribution in [0.1, 0.15) is 33.6 Å². The normalized spacial score (nSPS) is 19.3. The summed E-state index contributed by atoms with van der Waals surface area (Å²) in [5.41, 5.74) is 5.48. The molecule has 0 aromatic heterocycles. The van der Waals surface area contributed by atoms with Crippen LogP contribution in [0.5, 0.6) is 0 Å². The quantitative estimate of drug-likeness (QED) is 0.687. The molecule has 0 rings (SSSR count). The monoisotopic (exact) mass is 177 g/mol. The molecule has 0 amide bonds. The predicted molar refractivity (Wildman–Crippen MR) is 51.0 cm³/mol. The van der Waals surface area contributed by atoms with E-state index in [0.29, 0.717) is 11.8 Å². The molecule has 0 fully saturated rings. The zero-order chi connectivity index (χ0) is 8.85. The van der Waals surface area contributed by atoms with Crippen molar-refractivity contribution >= 4 is 10.8 Å². The smallest absolute Gasteiger partial charge is 0.0470 e. The van der Waals surface area contributed by atoms with Gasteiger partial charge in [-0.15, -0.1) is 0 Å². The van der Waals surface area contributed by atoms with E-state index in [4.69, 9.17) is 5.73 Å². The summed E-state index contributed by atoms with van der Waals surface area (Å²) in [7, 11) is -0.728. The summed E-state index contributed by atoms with van der Waals surface area (Å²) >= 11 is 0. The van der Waals surface area contributed by atoms with Crippen molar-refractivity contribution in [1.29, 1.82) is 0 Å². The number of hydrogen-bond donors (Lipinski definition) is 1. The highest BCUT2D eigenvalue weighted by Gasteiger charge is 2.17. The maximum Gasteiger partial charge on any atom is 0.0470 e. The van der Waals surface area contributed by atoms with Crippen molar-refractivity contribution in [2.24, 2.45) is 5.73 Å². The third kappa shape index (κ3) is 3.34. The lowest BCUT2D eigenvalue weighted by Gasteiger charge is -2.16. The van der Waals surface area contributed by atoms with Crippen LogP contribution in [0.2, 0.25) is 0 Å². The van der Waals surface area contributed by atoms with Crippen molar-refractivity contribution in [2.75, 3.05) is 6.54 Å². The molecule has 0 radical (unpaired) electrons. The molecule has 2 N–H and O–H groups in total. The molecule has 0 aromatic carbocycles. The Kier molecular flexibility index (Phi) is 5.78. The fraction of sp³-hybridized carbons (Fsp3) is 1.00. The van der Waals surface area contributed by atoms with Gasteiger partial charge in [0.2, 0.25) is 0 Å². The van der Waals surface area contributed by atoms with Gasteiger partial charge in [-0.3, -0.25) is 4.21 Å². The highest BCUT2D eigenvalue weighted by molar-refractivity contribution is 7.86. The lowest BCUT2D eigenvalue weighted by molar-refractivity contribution is 0.649. The van der Waals surface area contributed by atoms with Crippen LogP contribution in [0, 0.1) is 0 Å². The number of nitrogens with two attached hydrogens (primary N) is 1. The minimum absolute atomic E-state index is 0.199. The van der Waals surface area contributed by atoms with Gasteiger partial charge in [0.15, 0.2) is 0 Å². The zero-order valence-electron chi connectivity index (χ0n) is 7.67. The van der Waals surface area contributed by atoms with Gasteiger partial charge in [0, 0.05) is 27.8 Å². The van der Waals surface area contributed by atoms with Gasteiger partial charge in [0.05, 0.1) is 0 Å². The van der Waals surface area contributed by atoms with Gasteiger partial charge in [0.25, 0.3) is 0 Å². The van der Waals surface area contributed by atoms with Gasteiger partial charge in [-0.25, -0.2) is 0 Å². The Morgan fingerprint density at radius 3 is 2.18 bits per heavy atom. The molecule has 0 saturated carbocycles. The summed E-state index contributed by atoms with van der Waals surface area (Å²) in [5, 5.41) is 0.494. The van der Waals surface area contributed by atoms with Gasteiger partial charge in [-0.05, 0) is 12.8 Å². The van der Waals surface area contributed by atoms with Crippen LogP contribution in [0.25, 0.3) is 0 Å². The first-order chi connectivity index (χ1) is 5.17. The minimum Gasteiger partial charge on any atom is -0.329 e. The first-order valence-electron chi connectivity index (χ1n) is 4.26. The standard InChI is InChI=1S/C8H19NOS/c1-4-7(3)11(10)8(5-2)6-9/h7-8H,4-6,9H2,1-3H3. The Balaban J connectivity index is 3.97. The molecule has 0 aliphatic rings. The second-order valence-corrected chi connectivity index (χ2v) is 4.94. The largest absolute Gasteiger partial charge is 0.329 e. The Morgan fingerprint density at radius 2 is 1.91 bits per heavy atom. The van der Waals surface area contributed by atoms with E-state index < -0.39 is 10.8 Å². The molecule has 0 saturated heterocycles. The highest BCUT2D eigenvalue weighted by Crippen LogP contribution is 2.09. The molecule has 3 unspecified atom stereocenters. The minimum atomic E-state index is -0.728. The third-order valence-corrected chi connectivity index (χ3v) is 4.33. The molecule has 0 aliphatic carbocycles. The lowest BCUT2D eigenvalue weighted by Crippen LogP contribution is -2.29. The van der Waals surface area contributed by atoms with Gasteiger partial charge in [-0.1, -0.05) is 20.8 Å². The molecule has 68 valence electrons. The van der Waals surface area contributed by atoms with Crippen molar-refractivity contribution in [1.82, 2.24) is 0 Å². The fourth-order valence-corrected chi connectivity index (χ4v) is 2.42. The summed E-state index contributed by atoms with van der Waals surface area (Å²) < 4.78 is 11.6. The van der Waals surface area contributed by atoms with E-state index >= 15 is 0 Å². The molecular formula is C8H19NOS. The number of hydrogen-bond acceptors (Lipinski definition) is 2. The molecule has 0 spiro atoms. The summed E-state index contributed by atoms with van der Waals surface area (Å²) in [6, 6.07) is 0. The Labute approximate surface area is 72.0 Å². The van der Waals surface area contributed by atoms with Crippen molar-refractivity contribution in [3.05, 3.63) is 0 Å². The SMILES string of the molecule is CCC(C)S(=O)C(CC)CN. The molecule has 0 aliphatic heterocycles. The van der Waals surface area contributed by atoms with Gasteiger partial charge >= 0.3 is 0 Å². The van der Waals surface area contributed by atoms with Crippen LogP contribution in [0.15, 0.2) is 0 Å². The maximum absolute atomic E-state index is 11.6. The molecule has 0 aromatic rings. The molecule has 11 heavy (non-hydrogen) atoms. The third-order valence-electron chi connectivity index (χ3n) is 2.02. The molecule has 3 heteroatoms. The summed E-state index contributed by atoms with van der Waals surface area (Å²) in [6.07, 6.45) is 1.90. The molecule has 0 bridgehead atoms. The molecule has 2 nitrogen and oxygen atoms in total. The van der Waals surface area contributed by atoms with Crippen molar-refractivity contribution in [3.63, 3.8) is 0 Å². The first kappa shape index (κ1) is 11.1. The van der Waals surface area contributed by atoms with Crippen molar-refractivity contribution in [3.8, 4) is 0 Å². The Morgan fingerprint density at radius 1 is 1.36 bits per heavy atom. The van der Waals surface area contributed by atoms with Gasteiger partial charge in [0.1, 0.15) is 0 Å². The average Bonchev–Trinajstić information content (AvgIpc) is 2.05. The summed E-state index contributed by atoms with van der Waals surface area (Å²) in [4.78, 5) is 0. The van der Waals surface area contributed by atoms with E-state index in [9.17, 15) is 4.21 Å². The first-order valence-corrected chi connectivity index (χ1v) is 5.54. The fourth-order valence-electron chi connectivity index (χ4n) is 0.919. The van der Waals surface area contributed by atoms with E-state index in [-0.39, 0.29) is 5.25 Å².